The van der Waals surface area contributed by atoms with Crippen molar-refractivity contribution in [3.63, 3.8) is 0 Å². The Balaban J connectivity index is 1.87. The highest BCUT2D eigenvalue weighted by atomic mass is 16.1. The minimum absolute atomic E-state index is 0.319. The van der Waals surface area contributed by atoms with E-state index in [9.17, 15) is 4.79 Å². The zero-order valence-electron chi connectivity index (χ0n) is 14.5. The molecule has 3 nitrogen and oxygen atoms in total. The summed E-state index contributed by atoms with van der Waals surface area (Å²) in [5.41, 5.74) is 5.18. The molecule has 0 saturated carbocycles. The summed E-state index contributed by atoms with van der Waals surface area (Å²) in [4.78, 5) is 11.4. The predicted molar refractivity (Wildman–Crippen MR) is 98.6 cm³/mol. The number of carbonyl (C=O) groups excluding carboxylic acids is 1. The molecule has 0 fully saturated rings. The Kier molecular flexibility index (Phi) is 5.31. The molecule has 2 aromatic carbocycles. The van der Waals surface area contributed by atoms with Gasteiger partial charge in [-0.05, 0) is 61.4 Å². The van der Waals surface area contributed by atoms with Crippen LogP contribution in [0.2, 0.25) is 0 Å². The van der Waals surface area contributed by atoms with Gasteiger partial charge in [0.15, 0.2) is 0 Å². The highest BCUT2D eigenvalue weighted by molar-refractivity contribution is 5.66. The van der Waals surface area contributed by atoms with Crippen molar-refractivity contribution in [2.45, 2.75) is 45.2 Å². The van der Waals surface area contributed by atoms with E-state index in [4.69, 9.17) is 0 Å². The molecule has 1 aliphatic carbocycles. The van der Waals surface area contributed by atoms with Crippen LogP contribution >= 0.6 is 0 Å². The molecule has 0 N–H and O–H groups in total. The first-order chi connectivity index (χ1) is 11.7. The molecule has 3 rings (SSSR count). The van der Waals surface area contributed by atoms with E-state index in [1.165, 1.54) is 36.0 Å². The van der Waals surface area contributed by atoms with Crippen molar-refractivity contribution in [1.29, 1.82) is 0 Å². The maximum Gasteiger partial charge on any atom is 0.224 e. The van der Waals surface area contributed by atoms with Crippen molar-refractivity contribution < 1.29 is 4.79 Å². The maximum atomic E-state index is 11.4. The lowest BCUT2D eigenvalue weighted by molar-refractivity contribution is 0.285. The molecule has 1 radical (unpaired) electrons. The number of hydrazine groups is 1. The summed E-state index contributed by atoms with van der Waals surface area (Å²) in [5.74, 6) is 0. The van der Waals surface area contributed by atoms with Gasteiger partial charge in [-0.1, -0.05) is 36.4 Å². The number of hydrogen-bond acceptors (Lipinski definition) is 3. The predicted octanol–water partition coefficient (Wildman–Crippen LogP) is 3.92. The molecule has 0 aromatic heterocycles. The highest BCUT2D eigenvalue weighted by Gasteiger charge is 2.21. The van der Waals surface area contributed by atoms with E-state index in [1.54, 1.807) is 0 Å². The zero-order chi connectivity index (χ0) is 16.9. The summed E-state index contributed by atoms with van der Waals surface area (Å²) < 4.78 is 0. The van der Waals surface area contributed by atoms with Crippen LogP contribution in [-0.2, 0) is 24.2 Å². The van der Waals surface area contributed by atoms with Gasteiger partial charge in [-0.3, -0.25) is 9.80 Å². The third-order valence-electron chi connectivity index (χ3n) is 4.76. The molecule has 2 aromatic rings. The fourth-order valence-corrected chi connectivity index (χ4v) is 3.55. The van der Waals surface area contributed by atoms with E-state index in [-0.39, 0.29) is 6.04 Å². The van der Waals surface area contributed by atoms with E-state index >= 15 is 0 Å². The second-order valence-electron chi connectivity index (χ2n) is 6.60. The Morgan fingerprint density at radius 3 is 2.46 bits per heavy atom. The second-order valence-corrected chi connectivity index (χ2v) is 6.60. The van der Waals surface area contributed by atoms with Crippen molar-refractivity contribution in [1.82, 2.24) is 5.01 Å². The van der Waals surface area contributed by atoms with Crippen LogP contribution in [0.5, 0.6) is 0 Å². The van der Waals surface area contributed by atoms with Crippen molar-refractivity contribution in [2.75, 3.05) is 12.1 Å². The summed E-state index contributed by atoms with van der Waals surface area (Å²) in [6, 6.07) is 16.6. The largest absolute Gasteiger partial charge is 0.295 e. The molecule has 0 aliphatic heterocycles. The van der Waals surface area contributed by atoms with E-state index in [1.807, 2.05) is 32.2 Å². The van der Waals surface area contributed by atoms with Gasteiger partial charge in [0.2, 0.25) is 6.29 Å². The van der Waals surface area contributed by atoms with Crippen LogP contribution in [0.15, 0.2) is 48.5 Å². The smallest absolute Gasteiger partial charge is 0.224 e. The van der Waals surface area contributed by atoms with Crippen LogP contribution in [-0.4, -0.2) is 24.4 Å². The first kappa shape index (κ1) is 16.7. The lowest BCUT2D eigenvalue weighted by Crippen LogP contribution is -2.46. The van der Waals surface area contributed by atoms with Gasteiger partial charge in [0.25, 0.3) is 0 Å². The number of fused-ring (bicyclic) bond motifs is 1. The molecule has 0 bridgehead atoms. The van der Waals surface area contributed by atoms with Gasteiger partial charge in [-0.25, -0.2) is 5.01 Å². The molecule has 0 saturated heterocycles. The molecule has 0 amide bonds. The van der Waals surface area contributed by atoms with Crippen LogP contribution in [0.4, 0.5) is 5.69 Å². The van der Waals surface area contributed by atoms with E-state index in [2.05, 4.69) is 46.6 Å². The zero-order valence-corrected chi connectivity index (χ0v) is 14.5. The fourth-order valence-electron chi connectivity index (χ4n) is 3.55. The monoisotopic (exact) mass is 321 g/mol. The molecule has 0 spiro atoms. The number of rotatable bonds is 6. The highest BCUT2D eigenvalue weighted by Crippen LogP contribution is 2.28. The summed E-state index contributed by atoms with van der Waals surface area (Å²) in [7, 11) is 2.03. The van der Waals surface area contributed by atoms with Crippen LogP contribution in [0.25, 0.3) is 0 Å². The third-order valence-corrected chi connectivity index (χ3v) is 4.76. The fraction of sp³-hybridized carbons (Fsp3) is 0.381. The summed E-state index contributed by atoms with van der Waals surface area (Å²) in [5, 5.41) is 4.16. The maximum absolute atomic E-state index is 11.4. The Morgan fingerprint density at radius 1 is 1.04 bits per heavy atom. The lowest BCUT2D eigenvalue weighted by Gasteiger charge is -2.37. The molecular weight excluding hydrogens is 296 g/mol. The minimum atomic E-state index is -0.319. The van der Waals surface area contributed by atoms with E-state index in [0.717, 1.165) is 18.7 Å². The topological polar surface area (TPSA) is 23.6 Å². The Labute approximate surface area is 144 Å². The number of nitrogens with zero attached hydrogens (tertiary/aromatic N) is 2. The number of anilines is 1. The molecular formula is C21H25N2O. The molecule has 0 unspecified atom stereocenters. The van der Waals surface area contributed by atoms with Gasteiger partial charge in [-0.2, -0.15) is 0 Å². The van der Waals surface area contributed by atoms with Crippen molar-refractivity contribution in [3.05, 3.63) is 65.2 Å². The Morgan fingerprint density at radius 2 is 1.75 bits per heavy atom. The van der Waals surface area contributed by atoms with Gasteiger partial charge in [-0.15, -0.1) is 0 Å². The van der Waals surface area contributed by atoms with E-state index in [0.29, 0.717) is 0 Å². The summed E-state index contributed by atoms with van der Waals surface area (Å²) in [6.45, 7) is 2.65. The van der Waals surface area contributed by atoms with Gasteiger partial charge < -0.3 is 0 Å². The SMILES string of the molecule is C[C@@H]([C]=O)N(c1ccc2c(c1)CCCC2)N(C)Cc1ccccc1. The Hall–Kier alpha value is -2.13. The second kappa shape index (κ2) is 7.63. The molecule has 1 atom stereocenters. The van der Waals surface area contributed by atoms with Crippen LogP contribution in [0.1, 0.15) is 36.5 Å². The first-order valence-corrected chi connectivity index (χ1v) is 8.72. The molecule has 125 valence electrons. The number of hydrogen-bond donors (Lipinski definition) is 0. The van der Waals surface area contributed by atoms with Gasteiger partial charge in [0, 0.05) is 13.6 Å². The Bertz CT molecular complexity index is 683. The summed E-state index contributed by atoms with van der Waals surface area (Å²) >= 11 is 0. The van der Waals surface area contributed by atoms with Gasteiger partial charge in [0.1, 0.15) is 6.04 Å². The molecule has 24 heavy (non-hydrogen) atoms. The quantitative estimate of drug-likeness (QED) is 0.754. The van der Waals surface area contributed by atoms with Crippen LogP contribution in [0, 0.1) is 0 Å². The van der Waals surface area contributed by atoms with Crippen molar-refractivity contribution >= 4 is 12.0 Å². The third kappa shape index (κ3) is 3.68. The van der Waals surface area contributed by atoms with Crippen molar-refractivity contribution in [3.8, 4) is 0 Å². The van der Waals surface area contributed by atoms with Crippen LogP contribution in [0.3, 0.4) is 0 Å². The van der Waals surface area contributed by atoms with E-state index < -0.39 is 0 Å². The molecule has 3 heteroatoms. The standard InChI is InChI=1S/C21H25N2O/c1-17(16-24)23(22(2)15-18-8-4-3-5-9-18)21-13-12-19-10-6-7-11-20(19)14-21/h3-5,8-9,12-14,17H,6-7,10-11,15H2,1-2H3/t17-/m0/s1. The van der Waals surface area contributed by atoms with Crippen LogP contribution < -0.4 is 5.01 Å². The number of aryl methyl sites for hydroxylation is 2. The van der Waals surface area contributed by atoms with Gasteiger partial charge >= 0.3 is 0 Å². The van der Waals surface area contributed by atoms with Gasteiger partial charge in [0.05, 0.1) is 5.69 Å². The lowest BCUT2D eigenvalue weighted by atomic mass is 9.91. The summed E-state index contributed by atoms with van der Waals surface area (Å²) in [6.07, 6.45) is 6.99. The minimum Gasteiger partial charge on any atom is -0.295 e. The number of benzene rings is 2. The average Bonchev–Trinajstić information content (AvgIpc) is 2.62. The van der Waals surface area contributed by atoms with Crippen molar-refractivity contribution in [2.24, 2.45) is 0 Å². The molecule has 0 heterocycles. The normalized spacial score (nSPS) is 15.0. The molecule has 1 aliphatic rings. The first-order valence-electron chi connectivity index (χ1n) is 8.72. The average molecular weight is 321 g/mol.